The molecule has 0 aromatic carbocycles. The molecule has 110 valence electrons. The van der Waals surface area contributed by atoms with E-state index in [9.17, 15) is 13.2 Å². The Labute approximate surface area is 112 Å². The van der Waals surface area contributed by atoms with Crippen molar-refractivity contribution in [1.29, 1.82) is 0 Å². The molecule has 0 amide bonds. The summed E-state index contributed by atoms with van der Waals surface area (Å²) in [6, 6.07) is 0. The highest BCUT2D eigenvalue weighted by molar-refractivity contribution is 7.86. The zero-order chi connectivity index (χ0) is 13.9. The van der Waals surface area contributed by atoms with Gasteiger partial charge in [0, 0.05) is 12.8 Å². The number of rotatable bonds is 4. The molecule has 19 heavy (non-hydrogen) atoms. The molecule has 1 spiro atoms. The second-order valence-electron chi connectivity index (χ2n) is 4.93. The maximum Gasteiger partial charge on any atom is 0.323 e. The van der Waals surface area contributed by atoms with Crippen LogP contribution in [-0.4, -0.2) is 49.8 Å². The van der Waals surface area contributed by atoms with Gasteiger partial charge < -0.3 is 14.2 Å². The lowest BCUT2D eigenvalue weighted by molar-refractivity contribution is -0.192. The summed E-state index contributed by atoms with van der Waals surface area (Å²) in [6.45, 7) is 0.273. The van der Waals surface area contributed by atoms with Gasteiger partial charge in [-0.05, 0) is 12.8 Å². The predicted octanol–water partition coefficient (Wildman–Crippen LogP) is 0.493. The van der Waals surface area contributed by atoms with Crippen LogP contribution in [0, 0.1) is 0 Å². The van der Waals surface area contributed by atoms with Crippen LogP contribution in [0.1, 0.15) is 32.1 Å². The Morgan fingerprint density at radius 1 is 1.32 bits per heavy atom. The topological polar surface area (TPSA) is 99.1 Å². The first-order valence-corrected chi connectivity index (χ1v) is 7.92. The van der Waals surface area contributed by atoms with Crippen molar-refractivity contribution in [2.45, 2.75) is 44.0 Å². The molecule has 1 unspecified atom stereocenters. The monoisotopic (exact) mass is 294 g/mol. The second kappa shape index (κ2) is 5.74. The van der Waals surface area contributed by atoms with Crippen LogP contribution in [0.25, 0.3) is 0 Å². The van der Waals surface area contributed by atoms with Crippen molar-refractivity contribution in [2.24, 2.45) is 0 Å². The van der Waals surface area contributed by atoms with Crippen molar-refractivity contribution in [2.75, 3.05) is 19.0 Å². The van der Waals surface area contributed by atoms with E-state index in [0.717, 1.165) is 25.7 Å². The molecule has 1 aliphatic heterocycles. The molecule has 2 fully saturated rings. The summed E-state index contributed by atoms with van der Waals surface area (Å²) < 4.78 is 45.6. The number of carbonyl (C=O) groups excluding carboxylic acids is 1. The molecule has 1 N–H and O–H groups in total. The smallest absolute Gasteiger partial charge is 0.323 e. The lowest BCUT2D eigenvalue weighted by Crippen LogP contribution is -2.34. The largest absolute Gasteiger partial charge is 0.462 e. The fraction of sp³-hybridized carbons (Fsp3) is 0.909. The summed E-state index contributed by atoms with van der Waals surface area (Å²) in [7, 11) is -4.34. The summed E-state index contributed by atoms with van der Waals surface area (Å²) in [5.41, 5.74) is 0. The Morgan fingerprint density at radius 2 is 2.00 bits per heavy atom. The molecule has 1 aliphatic carbocycles. The van der Waals surface area contributed by atoms with E-state index in [1.165, 1.54) is 6.42 Å². The van der Waals surface area contributed by atoms with Crippen molar-refractivity contribution >= 4 is 16.1 Å². The summed E-state index contributed by atoms with van der Waals surface area (Å²) in [5.74, 6) is -2.57. The van der Waals surface area contributed by atoms with Crippen molar-refractivity contribution < 1.29 is 32.0 Å². The third-order valence-corrected chi connectivity index (χ3v) is 3.86. The van der Waals surface area contributed by atoms with Gasteiger partial charge in [0.2, 0.25) is 0 Å². The highest BCUT2D eigenvalue weighted by Crippen LogP contribution is 2.37. The van der Waals surface area contributed by atoms with Gasteiger partial charge in [-0.3, -0.25) is 9.35 Å². The van der Waals surface area contributed by atoms with Crippen LogP contribution in [0.3, 0.4) is 0 Å². The van der Waals surface area contributed by atoms with Crippen LogP contribution in [0.2, 0.25) is 0 Å². The van der Waals surface area contributed by atoms with Gasteiger partial charge in [-0.1, -0.05) is 6.42 Å². The van der Waals surface area contributed by atoms with Gasteiger partial charge in [0.1, 0.15) is 12.7 Å². The van der Waals surface area contributed by atoms with E-state index in [1.54, 1.807) is 0 Å². The Morgan fingerprint density at radius 3 is 2.63 bits per heavy atom. The van der Waals surface area contributed by atoms with Crippen molar-refractivity contribution in [3.05, 3.63) is 0 Å². The summed E-state index contributed by atoms with van der Waals surface area (Å²) in [5, 5.41) is 0. The fourth-order valence-corrected chi connectivity index (χ4v) is 2.81. The molecule has 0 radical (unpaired) electrons. The van der Waals surface area contributed by atoms with Crippen LogP contribution < -0.4 is 0 Å². The van der Waals surface area contributed by atoms with Crippen molar-refractivity contribution in [3.63, 3.8) is 0 Å². The molecule has 1 saturated heterocycles. The highest BCUT2D eigenvalue weighted by Gasteiger charge is 2.42. The van der Waals surface area contributed by atoms with Gasteiger partial charge in [0.05, 0.1) is 6.61 Å². The lowest BCUT2D eigenvalue weighted by atomic mass is 9.94. The molecule has 7 nitrogen and oxygen atoms in total. The number of hydrogen-bond donors (Lipinski definition) is 1. The maximum absolute atomic E-state index is 11.1. The van der Waals surface area contributed by atoms with E-state index in [1.807, 2.05) is 0 Å². The van der Waals surface area contributed by atoms with E-state index in [0.29, 0.717) is 6.61 Å². The van der Waals surface area contributed by atoms with Gasteiger partial charge in [-0.2, -0.15) is 8.42 Å². The van der Waals surface area contributed by atoms with Crippen LogP contribution in [0.5, 0.6) is 0 Å². The first-order valence-electron chi connectivity index (χ1n) is 6.31. The summed E-state index contributed by atoms with van der Waals surface area (Å²) in [4.78, 5) is 11.1. The quantitative estimate of drug-likeness (QED) is 0.595. The third kappa shape index (κ3) is 4.41. The fourth-order valence-electron chi connectivity index (χ4n) is 2.43. The van der Waals surface area contributed by atoms with Crippen LogP contribution in [0.4, 0.5) is 0 Å². The Kier molecular flexibility index (Phi) is 4.44. The first-order chi connectivity index (χ1) is 8.89. The van der Waals surface area contributed by atoms with E-state index in [4.69, 9.17) is 18.8 Å². The zero-order valence-electron chi connectivity index (χ0n) is 10.5. The van der Waals surface area contributed by atoms with Crippen LogP contribution >= 0.6 is 0 Å². The van der Waals surface area contributed by atoms with E-state index in [2.05, 4.69) is 0 Å². The van der Waals surface area contributed by atoms with E-state index in [-0.39, 0.29) is 12.7 Å². The Hall–Kier alpha value is -0.700. The molecule has 0 aromatic heterocycles. The van der Waals surface area contributed by atoms with Gasteiger partial charge in [0.25, 0.3) is 10.1 Å². The minimum Gasteiger partial charge on any atom is -0.462 e. The average molecular weight is 294 g/mol. The predicted molar refractivity (Wildman–Crippen MR) is 64.0 cm³/mol. The van der Waals surface area contributed by atoms with E-state index >= 15 is 0 Å². The molecule has 2 rings (SSSR count). The van der Waals surface area contributed by atoms with Crippen molar-refractivity contribution in [3.8, 4) is 0 Å². The minimum atomic E-state index is -4.34. The third-order valence-electron chi connectivity index (χ3n) is 3.26. The molecule has 1 saturated carbocycles. The SMILES string of the molecule is O=C(CS(=O)(=O)O)OCC1COC2(CCCCC2)O1. The molecular weight excluding hydrogens is 276 g/mol. The molecule has 1 atom stereocenters. The maximum atomic E-state index is 11.1. The number of hydrogen-bond acceptors (Lipinski definition) is 6. The zero-order valence-corrected chi connectivity index (χ0v) is 11.4. The molecule has 8 heteroatoms. The van der Waals surface area contributed by atoms with Gasteiger partial charge >= 0.3 is 5.97 Å². The molecule has 0 bridgehead atoms. The van der Waals surface area contributed by atoms with Crippen molar-refractivity contribution in [1.82, 2.24) is 0 Å². The van der Waals surface area contributed by atoms with Gasteiger partial charge in [-0.25, -0.2) is 0 Å². The normalized spacial score (nSPS) is 26.5. The van der Waals surface area contributed by atoms with Crippen LogP contribution in [-0.2, 0) is 29.1 Å². The molecule has 0 aromatic rings. The average Bonchev–Trinajstić information content (AvgIpc) is 2.69. The number of esters is 1. The lowest BCUT2D eigenvalue weighted by Gasteiger charge is -2.31. The standard InChI is InChI=1S/C11H18O7S/c12-10(8-19(13,14)15)16-6-9-7-17-11(18-9)4-2-1-3-5-11/h9H,1-8H2,(H,13,14,15). The molecule has 1 heterocycles. The second-order valence-corrected chi connectivity index (χ2v) is 6.38. The molecule has 2 aliphatic rings. The van der Waals surface area contributed by atoms with E-state index < -0.39 is 27.6 Å². The highest BCUT2D eigenvalue weighted by atomic mass is 32.2. The summed E-state index contributed by atoms with van der Waals surface area (Å²) in [6.07, 6.45) is 4.57. The van der Waals surface area contributed by atoms with Crippen LogP contribution in [0.15, 0.2) is 0 Å². The minimum absolute atomic E-state index is 0.0594. The molecular formula is C11H18O7S. The Bertz CT molecular complexity index is 424. The van der Waals surface area contributed by atoms with Gasteiger partial charge in [-0.15, -0.1) is 0 Å². The number of ether oxygens (including phenoxy) is 3. The van der Waals surface area contributed by atoms with Gasteiger partial charge in [0.15, 0.2) is 11.5 Å². The Balaban J connectivity index is 1.75. The first kappa shape index (κ1) is 14.7. The number of carbonyl (C=O) groups is 1. The summed E-state index contributed by atoms with van der Waals surface area (Å²) >= 11 is 0.